The van der Waals surface area contributed by atoms with Gasteiger partial charge < -0.3 is 10.1 Å². The fraction of sp³-hybridized carbons (Fsp3) is 0.231. The van der Waals surface area contributed by atoms with Gasteiger partial charge in [-0.15, -0.1) is 0 Å². The molecule has 94 valence electrons. The number of nitrogens with zero attached hydrogens (tertiary/aromatic N) is 2. The van der Waals surface area contributed by atoms with Gasteiger partial charge >= 0.3 is 0 Å². The second-order valence-electron chi connectivity index (χ2n) is 3.69. The van der Waals surface area contributed by atoms with Gasteiger partial charge in [-0.05, 0) is 41.3 Å². The molecule has 5 heteroatoms. The summed E-state index contributed by atoms with van der Waals surface area (Å²) in [6, 6.07) is 8.17. The summed E-state index contributed by atoms with van der Waals surface area (Å²) in [6.45, 7) is 0. The fourth-order valence-electron chi connectivity index (χ4n) is 1.84. The van der Waals surface area contributed by atoms with Crippen molar-refractivity contribution in [3.05, 3.63) is 51.5 Å². The molecule has 0 bridgehead atoms. The van der Waals surface area contributed by atoms with Crippen LogP contribution in [0.5, 0.6) is 5.88 Å². The summed E-state index contributed by atoms with van der Waals surface area (Å²) in [5, 5.41) is 3.26. The van der Waals surface area contributed by atoms with E-state index in [1.807, 2.05) is 19.2 Å². The van der Waals surface area contributed by atoms with Gasteiger partial charge in [-0.3, -0.25) is 4.98 Å². The largest absolute Gasteiger partial charge is 0.480 e. The Morgan fingerprint density at radius 1 is 1.22 bits per heavy atom. The second-order valence-corrected chi connectivity index (χ2v) is 4.86. The lowest BCUT2D eigenvalue weighted by Gasteiger charge is -2.18. The molecular formula is C13H14IN3O. The highest BCUT2D eigenvalue weighted by Gasteiger charge is 2.20. The average Bonchev–Trinajstić information content (AvgIpc) is 2.42. The molecule has 0 saturated carbocycles. The van der Waals surface area contributed by atoms with Gasteiger partial charge in [-0.25, -0.2) is 4.98 Å². The van der Waals surface area contributed by atoms with Crippen molar-refractivity contribution in [2.75, 3.05) is 14.2 Å². The molecule has 1 atom stereocenters. The van der Waals surface area contributed by atoms with Crippen LogP contribution in [0.15, 0.2) is 36.7 Å². The first-order valence-corrected chi connectivity index (χ1v) is 6.62. The first-order chi connectivity index (χ1) is 8.77. The molecular weight excluding hydrogens is 341 g/mol. The fourth-order valence-corrected chi connectivity index (χ4v) is 2.54. The highest BCUT2D eigenvalue weighted by molar-refractivity contribution is 14.1. The van der Waals surface area contributed by atoms with E-state index in [1.54, 1.807) is 19.5 Å². The maximum absolute atomic E-state index is 5.27. The molecule has 2 aromatic rings. The van der Waals surface area contributed by atoms with Crippen LogP contribution >= 0.6 is 22.6 Å². The van der Waals surface area contributed by atoms with Gasteiger partial charge in [0.2, 0.25) is 5.88 Å². The van der Waals surface area contributed by atoms with Gasteiger partial charge in [0, 0.05) is 16.0 Å². The Hall–Kier alpha value is -1.21. The Morgan fingerprint density at radius 3 is 2.61 bits per heavy atom. The summed E-state index contributed by atoms with van der Waals surface area (Å²) in [6.07, 6.45) is 3.31. The van der Waals surface area contributed by atoms with E-state index in [2.05, 4.69) is 50.0 Å². The molecule has 0 radical (unpaired) electrons. The maximum Gasteiger partial charge on any atom is 0.237 e. The normalized spacial score (nSPS) is 12.2. The molecule has 1 heterocycles. The highest BCUT2D eigenvalue weighted by atomic mass is 127. The summed E-state index contributed by atoms with van der Waals surface area (Å²) in [5.41, 5.74) is 1.96. The van der Waals surface area contributed by atoms with Crippen molar-refractivity contribution < 1.29 is 4.74 Å². The molecule has 0 spiro atoms. The van der Waals surface area contributed by atoms with Crippen LogP contribution in [0, 0.1) is 3.57 Å². The van der Waals surface area contributed by atoms with Crippen LogP contribution in [0.3, 0.4) is 0 Å². The van der Waals surface area contributed by atoms with E-state index in [1.165, 1.54) is 9.13 Å². The number of aromatic nitrogens is 2. The number of rotatable bonds is 4. The van der Waals surface area contributed by atoms with Crippen molar-refractivity contribution in [2.24, 2.45) is 0 Å². The molecule has 0 saturated heterocycles. The first kappa shape index (κ1) is 13.2. The van der Waals surface area contributed by atoms with E-state index < -0.39 is 0 Å². The Labute approximate surface area is 120 Å². The lowest BCUT2D eigenvalue weighted by molar-refractivity contribution is 0.384. The number of hydrogen-bond acceptors (Lipinski definition) is 4. The van der Waals surface area contributed by atoms with Gasteiger partial charge in [-0.2, -0.15) is 0 Å². The van der Waals surface area contributed by atoms with Gasteiger partial charge in [0.05, 0.1) is 13.2 Å². The van der Waals surface area contributed by atoms with E-state index in [9.17, 15) is 0 Å². The van der Waals surface area contributed by atoms with E-state index in [-0.39, 0.29) is 6.04 Å². The standard InChI is InChI=1S/C13H14IN3O/c1-15-11(9-5-3-4-6-10(9)14)12-13(18-2)17-8-7-16-12/h3-8,11,15H,1-2H3. The van der Waals surface area contributed by atoms with Crippen molar-refractivity contribution in [1.29, 1.82) is 0 Å². The highest BCUT2D eigenvalue weighted by Crippen LogP contribution is 2.28. The number of halogens is 1. The zero-order valence-electron chi connectivity index (χ0n) is 10.2. The lowest BCUT2D eigenvalue weighted by Crippen LogP contribution is -2.21. The predicted octanol–water partition coefficient (Wildman–Crippen LogP) is 2.40. The monoisotopic (exact) mass is 355 g/mol. The molecule has 18 heavy (non-hydrogen) atoms. The van der Waals surface area contributed by atoms with Crippen molar-refractivity contribution in [3.63, 3.8) is 0 Å². The number of hydrogen-bond donors (Lipinski definition) is 1. The van der Waals surface area contributed by atoms with Crippen molar-refractivity contribution in [3.8, 4) is 5.88 Å². The molecule has 1 aromatic heterocycles. The minimum Gasteiger partial charge on any atom is -0.480 e. The van der Waals surface area contributed by atoms with Gasteiger partial charge in [0.25, 0.3) is 0 Å². The van der Waals surface area contributed by atoms with Gasteiger partial charge in [0.15, 0.2) is 0 Å². The summed E-state index contributed by atoms with van der Waals surface area (Å²) < 4.78 is 6.46. The number of methoxy groups -OCH3 is 1. The Morgan fingerprint density at radius 2 is 1.94 bits per heavy atom. The molecule has 4 nitrogen and oxygen atoms in total. The van der Waals surface area contributed by atoms with Crippen molar-refractivity contribution >= 4 is 22.6 Å². The van der Waals surface area contributed by atoms with E-state index in [0.29, 0.717) is 5.88 Å². The molecule has 0 amide bonds. The summed E-state index contributed by atoms with van der Waals surface area (Å²) >= 11 is 2.32. The molecule has 0 aliphatic carbocycles. The van der Waals surface area contributed by atoms with Crippen molar-refractivity contribution in [2.45, 2.75) is 6.04 Å². The summed E-state index contributed by atoms with van der Waals surface area (Å²) in [4.78, 5) is 8.58. The average molecular weight is 355 g/mol. The van der Waals surface area contributed by atoms with Crippen LogP contribution in [0.1, 0.15) is 17.3 Å². The van der Waals surface area contributed by atoms with Crippen LogP contribution in [-0.4, -0.2) is 24.1 Å². The third kappa shape index (κ3) is 2.62. The van der Waals surface area contributed by atoms with E-state index in [0.717, 1.165) is 5.69 Å². The Kier molecular flexibility index (Phi) is 4.48. The van der Waals surface area contributed by atoms with E-state index >= 15 is 0 Å². The molecule has 1 N–H and O–H groups in total. The van der Waals surface area contributed by atoms with Crippen LogP contribution in [0.25, 0.3) is 0 Å². The quantitative estimate of drug-likeness (QED) is 0.856. The molecule has 0 aliphatic rings. The molecule has 1 unspecified atom stereocenters. The number of ether oxygens (including phenoxy) is 1. The van der Waals surface area contributed by atoms with Gasteiger partial charge in [0.1, 0.15) is 5.69 Å². The lowest BCUT2D eigenvalue weighted by atomic mass is 10.0. The zero-order chi connectivity index (χ0) is 13.0. The molecule has 0 aliphatic heterocycles. The SMILES string of the molecule is CNC(c1ccccc1I)c1nccnc1OC. The zero-order valence-corrected chi connectivity index (χ0v) is 12.4. The van der Waals surface area contributed by atoms with Crippen LogP contribution in [0.4, 0.5) is 0 Å². The minimum atomic E-state index is -0.0262. The predicted molar refractivity (Wildman–Crippen MR) is 78.6 cm³/mol. The van der Waals surface area contributed by atoms with Crippen LogP contribution in [-0.2, 0) is 0 Å². The maximum atomic E-state index is 5.27. The number of benzene rings is 1. The van der Waals surface area contributed by atoms with Crippen LogP contribution in [0.2, 0.25) is 0 Å². The van der Waals surface area contributed by atoms with E-state index in [4.69, 9.17) is 4.74 Å². The molecule has 1 aromatic carbocycles. The topological polar surface area (TPSA) is 47.0 Å². The minimum absolute atomic E-state index is 0.0262. The summed E-state index contributed by atoms with van der Waals surface area (Å²) in [5.74, 6) is 0.552. The third-order valence-corrected chi connectivity index (χ3v) is 3.65. The van der Waals surface area contributed by atoms with Crippen LogP contribution < -0.4 is 10.1 Å². The smallest absolute Gasteiger partial charge is 0.237 e. The number of nitrogens with one attached hydrogen (secondary N) is 1. The van der Waals surface area contributed by atoms with Crippen molar-refractivity contribution in [1.82, 2.24) is 15.3 Å². The Bertz CT molecular complexity index is 533. The first-order valence-electron chi connectivity index (χ1n) is 5.54. The molecule has 2 rings (SSSR count). The summed E-state index contributed by atoms with van der Waals surface area (Å²) in [7, 11) is 3.51. The second kappa shape index (κ2) is 6.10. The van der Waals surface area contributed by atoms with Gasteiger partial charge in [-0.1, -0.05) is 18.2 Å². The molecule has 0 fully saturated rings. The Balaban J connectivity index is 2.49. The third-order valence-electron chi connectivity index (χ3n) is 2.66.